The average Bonchev–Trinajstić information content (AvgIpc) is 2.00. The van der Waals surface area contributed by atoms with Gasteiger partial charge in [0, 0.05) is 6.92 Å². The molecule has 0 aromatic rings. The Morgan fingerprint density at radius 3 is 2.43 bits per heavy atom. The number of carboxylic acids is 1. The number of carbonyl (C=O) groups excluding carboxylic acids is 2. The maximum atomic E-state index is 10.5. The number of aliphatic carboxylic acids is 1. The molecule has 0 aliphatic heterocycles. The van der Waals surface area contributed by atoms with E-state index in [9.17, 15) is 14.4 Å². The molecule has 0 aliphatic rings. The van der Waals surface area contributed by atoms with Gasteiger partial charge in [0.25, 0.3) is 0 Å². The first-order chi connectivity index (χ1) is 6.45. The molecule has 7 nitrogen and oxygen atoms in total. The Balaban J connectivity index is 4.24. The molecule has 0 saturated carbocycles. The smallest absolute Gasteiger partial charge is 0.323 e. The fourth-order valence-electron chi connectivity index (χ4n) is 0.750. The summed E-state index contributed by atoms with van der Waals surface area (Å²) in [6.07, 6.45) is 0.330. The Morgan fingerprint density at radius 2 is 2.07 bits per heavy atom. The van der Waals surface area contributed by atoms with Crippen molar-refractivity contribution in [2.24, 2.45) is 10.7 Å². The third-order valence-corrected chi connectivity index (χ3v) is 1.15. The van der Waals surface area contributed by atoms with Gasteiger partial charge in [-0.3, -0.25) is 14.4 Å². The van der Waals surface area contributed by atoms with E-state index in [0.29, 0.717) is 6.41 Å². The number of rotatable bonds is 5. The van der Waals surface area contributed by atoms with Crippen LogP contribution in [0.1, 0.15) is 6.92 Å². The molecule has 0 rings (SSSR count). The second-order valence-electron chi connectivity index (χ2n) is 2.53. The van der Waals surface area contributed by atoms with E-state index < -0.39 is 18.4 Å². The third kappa shape index (κ3) is 5.70. The molecule has 14 heavy (non-hydrogen) atoms. The van der Waals surface area contributed by atoms with Crippen molar-refractivity contribution in [3.8, 4) is 0 Å². The SMILES string of the molecule is CC(=O)N=C(N)CN(C=O)CC(=O)O. The van der Waals surface area contributed by atoms with Crippen LogP contribution in [0.25, 0.3) is 0 Å². The summed E-state index contributed by atoms with van der Waals surface area (Å²) in [5.41, 5.74) is 5.26. The Labute approximate surface area is 80.2 Å². The molecule has 78 valence electrons. The zero-order valence-corrected chi connectivity index (χ0v) is 7.64. The topological polar surface area (TPSA) is 113 Å². The average molecular weight is 201 g/mol. The summed E-state index contributed by atoms with van der Waals surface area (Å²) in [7, 11) is 0. The second-order valence-corrected chi connectivity index (χ2v) is 2.53. The minimum Gasteiger partial charge on any atom is -0.480 e. The van der Waals surface area contributed by atoms with Gasteiger partial charge in [-0.1, -0.05) is 0 Å². The van der Waals surface area contributed by atoms with Gasteiger partial charge < -0.3 is 15.7 Å². The van der Waals surface area contributed by atoms with E-state index in [4.69, 9.17) is 10.8 Å². The molecule has 0 saturated heterocycles. The first-order valence-corrected chi connectivity index (χ1v) is 3.70. The monoisotopic (exact) mass is 201 g/mol. The van der Waals surface area contributed by atoms with Gasteiger partial charge in [-0.2, -0.15) is 4.99 Å². The predicted octanol–water partition coefficient (Wildman–Crippen LogP) is -1.57. The Hall–Kier alpha value is -1.92. The Bertz CT molecular complexity index is 274. The van der Waals surface area contributed by atoms with Crippen LogP contribution in [0.3, 0.4) is 0 Å². The van der Waals surface area contributed by atoms with Crippen LogP contribution in [0.5, 0.6) is 0 Å². The lowest BCUT2D eigenvalue weighted by Gasteiger charge is -2.13. The van der Waals surface area contributed by atoms with Crippen LogP contribution in [-0.2, 0) is 14.4 Å². The van der Waals surface area contributed by atoms with Crippen molar-refractivity contribution in [2.75, 3.05) is 13.1 Å². The van der Waals surface area contributed by atoms with Gasteiger partial charge in [-0.05, 0) is 0 Å². The molecule has 0 heterocycles. The van der Waals surface area contributed by atoms with Gasteiger partial charge in [0.1, 0.15) is 12.4 Å². The van der Waals surface area contributed by atoms with Crippen LogP contribution >= 0.6 is 0 Å². The van der Waals surface area contributed by atoms with Crippen molar-refractivity contribution in [2.45, 2.75) is 6.92 Å². The number of carbonyl (C=O) groups is 3. The molecule has 3 N–H and O–H groups in total. The Morgan fingerprint density at radius 1 is 1.50 bits per heavy atom. The highest BCUT2D eigenvalue weighted by Crippen LogP contribution is 1.84. The van der Waals surface area contributed by atoms with Crippen molar-refractivity contribution in [3.05, 3.63) is 0 Å². The van der Waals surface area contributed by atoms with Crippen LogP contribution in [0, 0.1) is 0 Å². The van der Waals surface area contributed by atoms with Gasteiger partial charge in [0.05, 0.1) is 6.54 Å². The van der Waals surface area contributed by atoms with Crippen molar-refractivity contribution in [1.82, 2.24) is 4.90 Å². The van der Waals surface area contributed by atoms with E-state index in [1.54, 1.807) is 0 Å². The minimum atomic E-state index is -1.16. The lowest BCUT2D eigenvalue weighted by atomic mass is 10.5. The van der Waals surface area contributed by atoms with Gasteiger partial charge >= 0.3 is 5.97 Å². The van der Waals surface area contributed by atoms with E-state index in [2.05, 4.69) is 4.99 Å². The molecule has 0 unspecified atom stereocenters. The summed E-state index contributed by atoms with van der Waals surface area (Å²) in [6, 6.07) is 0. The number of amidine groups is 1. The molecule has 0 aliphatic carbocycles. The van der Waals surface area contributed by atoms with E-state index in [-0.39, 0.29) is 12.4 Å². The van der Waals surface area contributed by atoms with Crippen molar-refractivity contribution in [1.29, 1.82) is 0 Å². The molecule has 0 fully saturated rings. The van der Waals surface area contributed by atoms with E-state index in [1.165, 1.54) is 6.92 Å². The zero-order valence-electron chi connectivity index (χ0n) is 7.64. The molecular formula is C7H11N3O4. The fourth-order valence-corrected chi connectivity index (χ4v) is 0.750. The van der Waals surface area contributed by atoms with Crippen LogP contribution in [0.2, 0.25) is 0 Å². The lowest BCUT2D eigenvalue weighted by molar-refractivity contribution is -0.140. The normalized spacial score (nSPS) is 10.8. The lowest BCUT2D eigenvalue weighted by Crippen LogP contribution is -2.36. The zero-order chi connectivity index (χ0) is 11.1. The number of hydrogen-bond donors (Lipinski definition) is 2. The Kier molecular flexibility index (Phi) is 4.90. The van der Waals surface area contributed by atoms with Crippen molar-refractivity contribution < 1.29 is 19.5 Å². The van der Waals surface area contributed by atoms with Crippen LogP contribution in [0.4, 0.5) is 0 Å². The fraction of sp³-hybridized carbons (Fsp3) is 0.429. The summed E-state index contributed by atoms with van der Waals surface area (Å²) in [5, 5.41) is 8.36. The predicted molar refractivity (Wildman–Crippen MR) is 47.6 cm³/mol. The molecule has 0 radical (unpaired) electrons. The highest BCUT2D eigenvalue weighted by molar-refractivity contribution is 5.94. The molecular weight excluding hydrogens is 190 g/mol. The first-order valence-electron chi connectivity index (χ1n) is 3.70. The maximum Gasteiger partial charge on any atom is 0.323 e. The van der Waals surface area contributed by atoms with Crippen molar-refractivity contribution in [3.63, 3.8) is 0 Å². The highest BCUT2D eigenvalue weighted by atomic mass is 16.4. The van der Waals surface area contributed by atoms with E-state index in [1.807, 2.05) is 0 Å². The summed E-state index contributed by atoms with van der Waals surface area (Å²) >= 11 is 0. The number of aliphatic imine (C=N–C) groups is 1. The van der Waals surface area contributed by atoms with Crippen molar-refractivity contribution >= 4 is 24.1 Å². The second kappa shape index (κ2) is 5.68. The summed E-state index contributed by atoms with van der Waals surface area (Å²) in [6.45, 7) is 0.558. The first kappa shape index (κ1) is 12.1. The summed E-state index contributed by atoms with van der Waals surface area (Å²) in [5.74, 6) is -1.75. The van der Waals surface area contributed by atoms with Gasteiger partial charge in [-0.15, -0.1) is 0 Å². The van der Waals surface area contributed by atoms with Crippen LogP contribution in [-0.4, -0.2) is 47.2 Å². The molecule has 7 heteroatoms. The molecule has 0 atom stereocenters. The van der Waals surface area contributed by atoms with Gasteiger partial charge in [-0.25, -0.2) is 0 Å². The summed E-state index contributed by atoms with van der Waals surface area (Å²) in [4.78, 5) is 35.2. The third-order valence-electron chi connectivity index (χ3n) is 1.15. The maximum absolute atomic E-state index is 10.5. The number of carboxylic acid groups (broad SMARTS) is 1. The molecule has 0 aromatic heterocycles. The standard InChI is InChI=1S/C7H11N3O4/c1-5(12)9-6(8)2-10(4-11)3-7(13)14/h4H,2-3H2,1H3,(H,13,14)(H2,8,9,12). The van der Waals surface area contributed by atoms with Crippen LogP contribution < -0.4 is 5.73 Å². The molecule has 0 bridgehead atoms. The van der Waals surface area contributed by atoms with Gasteiger partial charge in [0.15, 0.2) is 0 Å². The highest BCUT2D eigenvalue weighted by Gasteiger charge is 2.08. The molecule has 0 aromatic carbocycles. The number of hydrogen-bond acceptors (Lipinski definition) is 3. The van der Waals surface area contributed by atoms with E-state index in [0.717, 1.165) is 4.90 Å². The summed E-state index contributed by atoms with van der Waals surface area (Å²) < 4.78 is 0. The van der Waals surface area contributed by atoms with E-state index >= 15 is 0 Å². The number of nitrogens with zero attached hydrogens (tertiary/aromatic N) is 2. The quantitative estimate of drug-likeness (QED) is 0.317. The largest absolute Gasteiger partial charge is 0.480 e. The number of nitrogens with two attached hydrogens (primary N) is 1. The molecule has 0 spiro atoms. The van der Waals surface area contributed by atoms with Crippen LogP contribution in [0.15, 0.2) is 4.99 Å². The van der Waals surface area contributed by atoms with Gasteiger partial charge in [0.2, 0.25) is 12.3 Å². The molecule has 2 amide bonds. The number of amides is 2. The minimum absolute atomic E-state index is 0.0918.